The first-order valence-electron chi connectivity index (χ1n) is 11.2. The third kappa shape index (κ3) is 6.12. The largest absolute Gasteiger partial charge is 0.504 e. The van der Waals surface area contributed by atoms with E-state index in [9.17, 15) is 9.90 Å². The number of carbonyl (C=O) groups excluding carboxylic acids is 1. The van der Waals surface area contributed by atoms with Crippen LogP contribution in [-0.2, 0) is 11.4 Å². The Morgan fingerprint density at radius 1 is 1.09 bits per heavy atom. The average Bonchev–Trinajstić information content (AvgIpc) is 3.36. The van der Waals surface area contributed by atoms with Crippen molar-refractivity contribution in [3.8, 4) is 17.2 Å². The van der Waals surface area contributed by atoms with Crippen LogP contribution < -0.4 is 25.8 Å². The van der Waals surface area contributed by atoms with Crippen molar-refractivity contribution in [2.24, 2.45) is 5.10 Å². The molecule has 34 heavy (non-hydrogen) atoms. The summed E-state index contributed by atoms with van der Waals surface area (Å²) in [4.78, 5) is 12.5. The summed E-state index contributed by atoms with van der Waals surface area (Å²) >= 11 is 0. The second-order valence-electron chi connectivity index (χ2n) is 7.87. The number of hydrogen-bond donors (Lipinski definition) is 4. The molecule has 3 aromatic carbocycles. The normalized spacial score (nSPS) is 17.6. The van der Waals surface area contributed by atoms with Crippen molar-refractivity contribution in [3.63, 3.8) is 0 Å². The summed E-state index contributed by atoms with van der Waals surface area (Å²) < 4.78 is 11.2. The molecule has 1 fully saturated rings. The highest BCUT2D eigenvalue weighted by Crippen LogP contribution is 2.26. The molecule has 0 radical (unpaired) electrons. The number of amides is 1. The molecule has 1 aliphatic heterocycles. The molecule has 1 saturated heterocycles. The molecule has 0 aromatic heterocycles. The maximum absolute atomic E-state index is 12.5. The van der Waals surface area contributed by atoms with Crippen LogP contribution in [0.5, 0.6) is 17.2 Å². The second-order valence-corrected chi connectivity index (χ2v) is 7.87. The van der Waals surface area contributed by atoms with Crippen molar-refractivity contribution in [3.05, 3.63) is 89.5 Å². The number of hydrogen-bond acceptors (Lipinski definition) is 7. The third-order valence-electron chi connectivity index (χ3n) is 5.42. The van der Waals surface area contributed by atoms with Gasteiger partial charge in [-0.2, -0.15) is 5.10 Å². The minimum absolute atomic E-state index is 0.00578. The summed E-state index contributed by atoms with van der Waals surface area (Å²) in [5.74, 6) is 0.992. The molecular weight excluding hydrogens is 432 g/mol. The van der Waals surface area contributed by atoms with Gasteiger partial charge in [-0.05, 0) is 60.4 Å². The fourth-order valence-electron chi connectivity index (χ4n) is 3.61. The van der Waals surface area contributed by atoms with Crippen LogP contribution in [0.1, 0.15) is 36.1 Å². The lowest BCUT2D eigenvalue weighted by Crippen LogP contribution is -2.41. The molecule has 4 rings (SSSR count). The number of carbonyl (C=O) groups is 1. The van der Waals surface area contributed by atoms with Gasteiger partial charge >= 0.3 is 0 Å². The number of rotatable bonds is 9. The molecule has 0 bridgehead atoms. The lowest BCUT2D eigenvalue weighted by molar-refractivity contribution is -0.122. The fraction of sp³-hybridized carbons (Fsp3) is 0.231. The van der Waals surface area contributed by atoms with E-state index in [0.717, 1.165) is 16.9 Å². The third-order valence-corrected chi connectivity index (χ3v) is 5.42. The van der Waals surface area contributed by atoms with Crippen molar-refractivity contribution < 1.29 is 19.4 Å². The molecule has 1 heterocycles. The number of hydrazine groups is 1. The van der Waals surface area contributed by atoms with E-state index >= 15 is 0 Å². The number of nitrogens with one attached hydrogen (secondary N) is 3. The molecule has 176 valence electrons. The van der Waals surface area contributed by atoms with Crippen molar-refractivity contribution >= 4 is 12.1 Å². The van der Waals surface area contributed by atoms with Crippen molar-refractivity contribution in [1.82, 2.24) is 16.3 Å². The van der Waals surface area contributed by atoms with Crippen molar-refractivity contribution in [2.75, 3.05) is 6.61 Å². The van der Waals surface area contributed by atoms with Crippen LogP contribution in [0.3, 0.4) is 0 Å². The predicted octanol–water partition coefficient (Wildman–Crippen LogP) is 3.43. The van der Waals surface area contributed by atoms with Gasteiger partial charge in [0.2, 0.25) is 0 Å². The van der Waals surface area contributed by atoms with E-state index in [1.807, 2.05) is 61.5 Å². The van der Waals surface area contributed by atoms with E-state index in [1.54, 1.807) is 12.1 Å². The summed E-state index contributed by atoms with van der Waals surface area (Å²) in [5.41, 5.74) is 11.6. The smallest absolute Gasteiger partial charge is 0.258 e. The molecule has 0 aliphatic carbocycles. The minimum atomic E-state index is -0.421. The molecule has 0 spiro atoms. The maximum Gasteiger partial charge on any atom is 0.258 e. The van der Waals surface area contributed by atoms with Crippen LogP contribution in [-0.4, -0.2) is 29.9 Å². The fourth-order valence-corrected chi connectivity index (χ4v) is 3.61. The molecule has 8 nitrogen and oxygen atoms in total. The Morgan fingerprint density at radius 2 is 1.88 bits per heavy atom. The van der Waals surface area contributed by atoms with Crippen LogP contribution in [0.2, 0.25) is 0 Å². The van der Waals surface area contributed by atoms with Gasteiger partial charge in [-0.15, -0.1) is 0 Å². The Bertz CT molecular complexity index is 1120. The summed E-state index contributed by atoms with van der Waals surface area (Å²) in [5, 5.41) is 13.8. The molecular formula is C26H28N4O4. The molecule has 1 aliphatic rings. The maximum atomic E-state index is 12.5. The number of phenols is 1. The summed E-state index contributed by atoms with van der Waals surface area (Å²) in [6.07, 6.45) is 2.09. The van der Waals surface area contributed by atoms with Crippen LogP contribution in [0.4, 0.5) is 0 Å². The number of phenolic OH excluding ortho intramolecular Hbond substituents is 1. The molecule has 2 atom stereocenters. The number of ether oxygens (including phenoxy) is 2. The standard InChI is InChI=1S/C26H28N4O4/c1-2-33-25-14-19(8-13-24(25)31)16-27-30-26(32)23-15-22(28-29-23)20-9-11-21(12-10-20)34-17-18-6-4-3-5-7-18/h3-14,16,22-23,28-29,31H,2,15,17H2,1H3,(H,30,32)/b27-16+. The molecule has 4 N–H and O–H groups in total. The van der Waals surface area contributed by atoms with Crippen LogP contribution >= 0.6 is 0 Å². The highest BCUT2D eigenvalue weighted by molar-refractivity contribution is 5.85. The van der Waals surface area contributed by atoms with Gasteiger partial charge in [0, 0.05) is 6.04 Å². The zero-order valence-corrected chi connectivity index (χ0v) is 18.9. The number of benzene rings is 3. The second kappa shape index (κ2) is 11.3. The average molecular weight is 461 g/mol. The minimum Gasteiger partial charge on any atom is -0.504 e. The van der Waals surface area contributed by atoms with E-state index in [1.165, 1.54) is 12.3 Å². The Labute approximate surface area is 198 Å². The zero-order chi connectivity index (χ0) is 23.8. The van der Waals surface area contributed by atoms with Crippen LogP contribution in [0.15, 0.2) is 77.9 Å². The number of nitrogens with zero attached hydrogens (tertiary/aromatic N) is 1. The predicted molar refractivity (Wildman–Crippen MR) is 130 cm³/mol. The number of aromatic hydroxyl groups is 1. The number of hydrazone groups is 1. The van der Waals surface area contributed by atoms with Gasteiger partial charge in [0.25, 0.3) is 5.91 Å². The molecule has 2 unspecified atom stereocenters. The first-order chi connectivity index (χ1) is 16.6. The van der Waals surface area contributed by atoms with Gasteiger partial charge in [-0.1, -0.05) is 42.5 Å². The molecule has 0 saturated carbocycles. The zero-order valence-electron chi connectivity index (χ0n) is 18.9. The van der Waals surface area contributed by atoms with E-state index in [4.69, 9.17) is 9.47 Å². The lowest BCUT2D eigenvalue weighted by atomic mass is 10.0. The molecule has 8 heteroatoms. The van der Waals surface area contributed by atoms with Crippen LogP contribution in [0, 0.1) is 0 Å². The van der Waals surface area contributed by atoms with Gasteiger partial charge in [-0.3, -0.25) is 4.79 Å². The van der Waals surface area contributed by atoms with E-state index in [0.29, 0.717) is 30.9 Å². The Hall–Kier alpha value is -3.88. The summed E-state index contributed by atoms with van der Waals surface area (Å²) in [6.45, 7) is 2.80. The summed E-state index contributed by atoms with van der Waals surface area (Å²) in [7, 11) is 0. The monoisotopic (exact) mass is 460 g/mol. The topological polar surface area (TPSA) is 104 Å². The van der Waals surface area contributed by atoms with Crippen molar-refractivity contribution in [1.29, 1.82) is 0 Å². The Balaban J connectivity index is 1.26. The SMILES string of the molecule is CCOc1cc(/C=N/NC(=O)C2CC(c3ccc(OCc4ccccc4)cc3)NN2)ccc1O. The quantitative estimate of drug-likeness (QED) is 0.288. The highest BCUT2D eigenvalue weighted by atomic mass is 16.5. The van der Waals surface area contributed by atoms with Gasteiger partial charge in [-0.25, -0.2) is 16.3 Å². The molecule has 1 amide bonds. The van der Waals surface area contributed by atoms with Gasteiger partial charge < -0.3 is 14.6 Å². The Morgan fingerprint density at radius 3 is 2.65 bits per heavy atom. The van der Waals surface area contributed by atoms with E-state index in [-0.39, 0.29) is 17.7 Å². The van der Waals surface area contributed by atoms with E-state index < -0.39 is 6.04 Å². The molecule has 3 aromatic rings. The van der Waals surface area contributed by atoms with Crippen molar-refractivity contribution in [2.45, 2.75) is 32.0 Å². The first kappa shape index (κ1) is 23.3. The van der Waals surface area contributed by atoms with Crippen LogP contribution in [0.25, 0.3) is 0 Å². The first-order valence-corrected chi connectivity index (χ1v) is 11.2. The lowest BCUT2D eigenvalue weighted by Gasteiger charge is -2.11. The van der Waals surface area contributed by atoms with E-state index in [2.05, 4.69) is 21.4 Å². The Kier molecular flexibility index (Phi) is 7.75. The highest BCUT2D eigenvalue weighted by Gasteiger charge is 2.30. The summed E-state index contributed by atoms with van der Waals surface area (Å²) in [6, 6.07) is 22.3. The van der Waals surface area contributed by atoms with Gasteiger partial charge in [0.1, 0.15) is 18.4 Å². The van der Waals surface area contributed by atoms with Gasteiger partial charge in [0.05, 0.1) is 12.8 Å². The van der Waals surface area contributed by atoms with Gasteiger partial charge in [0.15, 0.2) is 11.5 Å².